The van der Waals surface area contributed by atoms with Crippen LogP contribution in [0.5, 0.6) is 11.5 Å². The Kier molecular flexibility index (Phi) is 6.47. The van der Waals surface area contributed by atoms with Gasteiger partial charge in [0.2, 0.25) is 0 Å². The number of benzene rings is 3. The van der Waals surface area contributed by atoms with Crippen LogP contribution in [-0.2, 0) is 0 Å². The van der Waals surface area contributed by atoms with E-state index in [0.29, 0.717) is 5.11 Å². The van der Waals surface area contributed by atoms with E-state index < -0.39 is 0 Å². The number of pyridine rings is 1. The highest BCUT2D eigenvalue weighted by Gasteiger charge is 2.42. The number of halogens is 1. The molecule has 0 radical (unpaired) electrons. The van der Waals surface area contributed by atoms with Gasteiger partial charge >= 0.3 is 0 Å². The van der Waals surface area contributed by atoms with Crippen molar-refractivity contribution in [2.75, 3.05) is 4.90 Å². The van der Waals surface area contributed by atoms with E-state index in [0.717, 1.165) is 38.7 Å². The minimum absolute atomic E-state index is 0.123. The molecule has 37 heavy (non-hydrogen) atoms. The smallest absolute Gasteiger partial charge is 0.174 e. The van der Waals surface area contributed by atoms with Crippen LogP contribution < -0.4 is 15.0 Å². The topological polar surface area (TPSA) is 42.3 Å². The average molecular weight is 568 g/mol. The molecule has 7 heteroatoms. The number of nitrogens with one attached hydrogen (secondary N) is 1. The van der Waals surface area contributed by atoms with Crippen LogP contribution in [0.3, 0.4) is 0 Å². The first-order valence-electron chi connectivity index (χ1n) is 11.9. The van der Waals surface area contributed by atoms with Crippen LogP contribution in [0.15, 0.2) is 126 Å². The summed E-state index contributed by atoms with van der Waals surface area (Å²) in [5, 5.41) is 4.20. The van der Waals surface area contributed by atoms with E-state index in [4.69, 9.17) is 17.0 Å². The first-order chi connectivity index (χ1) is 18.2. The van der Waals surface area contributed by atoms with Crippen molar-refractivity contribution in [3.63, 3.8) is 0 Å². The maximum absolute atomic E-state index is 6.01. The lowest BCUT2D eigenvalue weighted by Gasteiger charge is -2.29. The summed E-state index contributed by atoms with van der Waals surface area (Å²) in [4.78, 5) is 6.85. The SMILES string of the molecule is S=C1N[C@@H](c2ccccn2)[C@H](c2cccn2-c2ccc(Br)cc2)N1c1ccc(Oc2ccccc2)cc1. The van der Waals surface area contributed by atoms with Crippen LogP contribution >= 0.6 is 28.1 Å². The number of aromatic nitrogens is 2. The highest BCUT2D eigenvalue weighted by molar-refractivity contribution is 9.10. The second-order valence-corrected chi connectivity index (χ2v) is 9.99. The van der Waals surface area contributed by atoms with E-state index in [9.17, 15) is 0 Å². The second-order valence-electron chi connectivity index (χ2n) is 8.69. The predicted octanol–water partition coefficient (Wildman–Crippen LogP) is 7.60. The number of thiocarbonyl (C=S) groups is 1. The van der Waals surface area contributed by atoms with E-state index in [2.05, 4.69) is 78.3 Å². The molecule has 1 saturated heterocycles. The Morgan fingerprint density at radius 1 is 0.757 bits per heavy atom. The summed E-state index contributed by atoms with van der Waals surface area (Å²) in [5.41, 5.74) is 4.09. The molecule has 1 aliphatic heterocycles. The third-order valence-corrected chi connectivity index (χ3v) is 7.22. The minimum Gasteiger partial charge on any atom is -0.457 e. The summed E-state index contributed by atoms with van der Waals surface area (Å²) in [6, 6.07) is 36.1. The zero-order chi connectivity index (χ0) is 25.2. The fourth-order valence-corrected chi connectivity index (χ4v) is 5.32. The molecule has 0 unspecified atom stereocenters. The number of ether oxygens (including phenoxy) is 1. The predicted molar refractivity (Wildman–Crippen MR) is 154 cm³/mol. The lowest BCUT2D eigenvalue weighted by Crippen LogP contribution is -2.30. The molecule has 2 aromatic heterocycles. The molecule has 3 heterocycles. The molecule has 0 spiro atoms. The zero-order valence-corrected chi connectivity index (χ0v) is 22.1. The van der Waals surface area contributed by atoms with Gasteiger partial charge in [0.1, 0.15) is 17.5 Å². The molecule has 2 atom stereocenters. The first-order valence-corrected chi connectivity index (χ1v) is 13.1. The van der Waals surface area contributed by atoms with Crippen LogP contribution in [0.1, 0.15) is 23.5 Å². The first kappa shape index (κ1) is 23.5. The number of anilines is 1. The van der Waals surface area contributed by atoms with Crippen molar-refractivity contribution in [1.29, 1.82) is 0 Å². The fraction of sp³-hybridized carbons (Fsp3) is 0.0667. The van der Waals surface area contributed by atoms with E-state index in [-0.39, 0.29) is 12.1 Å². The van der Waals surface area contributed by atoms with Gasteiger partial charge in [-0.25, -0.2) is 0 Å². The molecule has 5 nitrogen and oxygen atoms in total. The Hall–Kier alpha value is -3.94. The molecule has 6 rings (SSSR count). The highest BCUT2D eigenvalue weighted by Crippen LogP contribution is 2.42. The Morgan fingerprint density at radius 2 is 1.46 bits per heavy atom. The molecule has 3 aromatic carbocycles. The lowest BCUT2D eigenvalue weighted by molar-refractivity contribution is 0.482. The molecular weight excluding hydrogens is 544 g/mol. The maximum atomic E-state index is 6.01. The lowest BCUT2D eigenvalue weighted by atomic mass is 10.0. The van der Waals surface area contributed by atoms with Crippen molar-refractivity contribution >= 4 is 38.9 Å². The third kappa shape index (κ3) is 4.75. The van der Waals surface area contributed by atoms with Crippen LogP contribution in [0.25, 0.3) is 5.69 Å². The second kappa shape index (κ2) is 10.2. The largest absolute Gasteiger partial charge is 0.457 e. The summed E-state index contributed by atoms with van der Waals surface area (Å²) in [6.45, 7) is 0. The van der Waals surface area contributed by atoms with Crippen molar-refractivity contribution in [1.82, 2.24) is 14.9 Å². The molecular formula is C30H23BrN4OS. The summed E-state index contributed by atoms with van der Waals surface area (Å²) in [7, 11) is 0. The van der Waals surface area contributed by atoms with Gasteiger partial charge in [0.05, 0.1) is 11.7 Å². The van der Waals surface area contributed by atoms with E-state index >= 15 is 0 Å². The maximum Gasteiger partial charge on any atom is 0.174 e. The van der Waals surface area contributed by atoms with Crippen molar-refractivity contribution in [3.05, 3.63) is 137 Å². The normalized spacial score (nSPS) is 17.0. The highest BCUT2D eigenvalue weighted by atomic mass is 79.9. The Labute approximate surface area is 229 Å². The van der Waals surface area contributed by atoms with Gasteiger partial charge in [0.25, 0.3) is 0 Å². The number of hydrogen-bond donors (Lipinski definition) is 1. The summed E-state index contributed by atoms with van der Waals surface area (Å²) < 4.78 is 9.27. The van der Waals surface area contributed by atoms with Gasteiger partial charge in [0.15, 0.2) is 5.11 Å². The molecule has 1 aliphatic rings. The zero-order valence-electron chi connectivity index (χ0n) is 19.7. The van der Waals surface area contributed by atoms with Crippen molar-refractivity contribution in [3.8, 4) is 17.2 Å². The van der Waals surface area contributed by atoms with E-state index in [1.54, 1.807) is 0 Å². The van der Waals surface area contributed by atoms with Gasteiger partial charge in [-0.3, -0.25) is 4.98 Å². The van der Waals surface area contributed by atoms with Crippen LogP contribution in [0.2, 0.25) is 0 Å². The van der Waals surface area contributed by atoms with Crippen molar-refractivity contribution in [2.24, 2.45) is 0 Å². The molecule has 0 bridgehead atoms. The number of nitrogens with zero attached hydrogens (tertiary/aromatic N) is 3. The van der Waals surface area contributed by atoms with Gasteiger partial charge in [-0.05, 0) is 97.1 Å². The van der Waals surface area contributed by atoms with Crippen LogP contribution in [-0.4, -0.2) is 14.7 Å². The Bertz CT molecular complexity index is 1510. The van der Waals surface area contributed by atoms with E-state index in [1.807, 2.05) is 79.0 Å². The van der Waals surface area contributed by atoms with Crippen molar-refractivity contribution in [2.45, 2.75) is 12.1 Å². The summed E-state index contributed by atoms with van der Waals surface area (Å²) >= 11 is 9.45. The third-order valence-electron chi connectivity index (χ3n) is 6.38. The Morgan fingerprint density at radius 3 is 2.19 bits per heavy atom. The fourth-order valence-electron chi connectivity index (χ4n) is 4.70. The number of hydrogen-bond acceptors (Lipinski definition) is 3. The summed E-state index contributed by atoms with van der Waals surface area (Å²) in [6.07, 6.45) is 3.91. The van der Waals surface area contributed by atoms with Gasteiger partial charge in [-0.15, -0.1) is 0 Å². The number of rotatable bonds is 6. The van der Waals surface area contributed by atoms with Crippen molar-refractivity contribution < 1.29 is 4.74 Å². The quantitative estimate of drug-likeness (QED) is 0.214. The van der Waals surface area contributed by atoms with Gasteiger partial charge in [-0.2, -0.15) is 0 Å². The van der Waals surface area contributed by atoms with Gasteiger partial charge in [0, 0.05) is 33.9 Å². The standard InChI is InChI=1S/C30H23BrN4OS/c31-21-11-13-22(14-12-21)34-20-6-10-27(34)29-28(26-9-4-5-19-32-26)33-30(37)35(29)23-15-17-25(18-16-23)36-24-7-2-1-3-8-24/h1-20,28-29H,(H,33,37)/t28-,29-/m0/s1. The molecule has 5 aromatic rings. The van der Waals surface area contributed by atoms with E-state index in [1.165, 1.54) is 0 Å². The number of para-hydroxylation sites is 1. The molecule has 0 saturated carbocycles. The summed E-state index contributed by atoms with van der Waals surface area (Å²) in [5.74, 6) is 1.57. The molecule has 0 amide bonds. The molecule has 182 valence electrons. The van der Waals surface area contributed by atoms with Crippen LogP contribution in [0.4, 0.5) is 5.69 Å². The van der Waals surface area contributed by atoms with Crippen LogP contribution in [0, 0.1) is 0 Å². The van der Waals surface area contributed by atoms with Gasteiger partial charge in [-0.1, -0.05) is 40.2 Å². The molecule has 1 fully saturated rings. The monoisotopic (exact) mass is 566 g/mol. The molecule has 0 aliphatic carbocycles. The minimum atomic E-state index is -0.127. The molecule has 1 N–H and O–H groups in total. The average Bonchev–Trinajstić information content (AvgIpc) is 3.55. The van der Waals surface area contributed by atoms with Gasteiger partial charge < -0.3 is 19.5 Å². The Balaban J connectivity index is 1.40.